The molecule has 100 valence electrons. The number of hydrogen-bond donors (Lipinski definition) is 1. The van der Waals surface area contributed by atoms with Crippen molar-refractivity contribution in [3.63, 3.8) is 0 Å². The normalized spacial score (nSPS) is 23.7. The highest BCUT2D eigenvalue weighted by molar-refractivity contribution is 6.30. The largest absolute Gasteiger partial charge is 0.314 e. The molecule has 1 fully saturated rings. The molecule has 0 spiro atoms. The Kier molecular flexibility index (Phi) is 4.23. The molecule has 0 saturated carbocycles. The second-order valence-corrected chi connectivity index (χ2v) is 5.61. The van der Waals surface area contributed by atoms with Gasteiger partial charge in [-0.3, -0.25) is 0 Å². The van der Waals surface area contributed by atoms with Gasteiger partial charge >= 0.3 is 0 Å². The summed E-state index contributed by atoms with van der Waals surface area (Å²) in [4.78, 5) is 0. The molecule has 1 saturated heterocycles. The maximum absolute atomic E-state index is 14.7. The van der Waals surface area contributed by atoms with Gasteiger partial charge in [0.2, 0.25) is 0 Å². The van der Waals surface area contributed by atoms with Crippen molar-refractivity contribution in [2.45, 2.75) is 44.3 Å². The summed E-state index contributed by atoms with van der Waals surface area (Å²) in [7, 11) is 0. The van der Waals surface area contributed by atoms with Crippen LogP contribution in [0, 0.1) is 5.82 Å². The minimum absolute atomic E-state index is 0.0965. The highest BCUT2D eigenvalue weighted by Gasteiger charge is 2.32. The van der Waals surface area contributed by atoms with Crippen LogP contribution in [0.3, 0.4) is 0 Å². The molecule has 2 unspecified atom stereocenters. The number of piperidine rings is 1. The van der Waals surface area contributed by atoms with E-state index < -0.39 is 11.5 Å². The molecule has 1 N–H and O–H groups in total. The lowest BCUT2D eigenvalue weighted by Gasteiger charge is -2.30. The lowest BCUT2D eigenvalue weighted by molar-refractivity contribution is 0.141. The van der Waals surface area contributed by atoms with E-state index in [2.05, 4.69) is 5.32 Å². The van der Waals surface area contributed by atoms with E-state index in [0.29, 0.717) is 11.4 Å². The fourth-order valence-corrected chi connectivity index (χ4v) is 2.74. The summed E-state index contributed by atoms with van der Waals surface area (Å²) >= 11 is 5.68. The molecule has 1 aliphatic heterocycles. The molecule has 1 heterocycles. The number of halogens is 3. The van der Waals surface area contributed by atoms with Gasteiger partial charge in [0.15, 0.2) is 0 Å². The van der Waals surface area contributed by atoms with Crippen molar-refractivity contribution in [3.8, 4) is 0 Å². The second kappa shape index (κ2) is 5.54. The summed E-state index contributed by atoms with van der Waals surface area (Å²) in [5.74, 6) is -0.566. The Morgan fingerprint density at radius 3 is 2.83 bits per heavy atom. The van der Waals surface area contributed by atoms with Crippen LogP contribution in [-0.2, 0) is 5.67 Å². The van der Waals surface area contributed by atoms with Crippen molar-refractivity contribution in [3.05, 3.63) is 34.6 Å². The molecule has 0 bridgehead atoms. The smallest absolute Gasteiger partial charge is 0.137 e. The standard InChI is InChI=1S/C14H18ClF2N/c1-14(17,9-11-4-2-3-7-18-11)12-6-5-10(15)8-13(12)16/h5-6,8,11,18H,2-4,7,9H2,1H3. The van der Waals surface area contributed by atoms with Crippen molar-refractivity contribution in [1.82, 2.24) is 5.32 Å². The minimum atomic E-state index is -1.66. The summed E-state index contributed by atoms with van der Waals surface area (Å²) in [5, 5.41) is 3.58. The Balaban J connectivity index is 2.13. The van der Waals surface area contributed by atoms with Gasteiger partial charge in [-0.05, 0) is 38.4 Å². The second-order valence-electron chi connectivity index (χ2n) is 5.17. The highest BCUT2D eigenvalue weighted by atomic mass is 35.5. The number of rotatable bonds is 3. The quantitative estimate of drug-likeness (QED) is 0.870. The Morgan fingerprint density at radius 1 is 1.44 bits per heavy atom. The Labute approximate surface area is 112 Å². The number of alkyl halides is 1. The zero-order valence-electron chi connectivity index (χ0n) is 10.5. The van der Waals surface area contributed by atoms with Gasteiger partial charge in [0.05, 0.1) is 0 Å². The van der Waals surface area contributed by atoms with Crippen LogP contribution in [-0.4, -0.2) is 12.6 Å². The molecule has 0 amide bonds. The van der Waals surface area contributed by atoms with Crippen LogP contribution >= 0.6 is 11.6 Å². The van der Waals surface area contributed by atoms with Gasteiger partial charge in [0.25, 0.3) is 0 Å². The Morgan fingerprint density at radius 2 is 2.22 bits per heavy atom. The van der Waals surface area contributed by atoms with E-state index >= 15 is 0 Å². The number of nitrogens with one attached hydrogen (secondary N) is 1. The lowest BCUT2D eigenvalue weighted by Crippen LogP contribution is -2.38. The molecule has 2 rings (SSSR count). The molecular weight excluding hydrogens is 256 g/mol. The molecule has 18 heavy (non-hydrogen) atoms. The van der Waals surface area contributed by atoms with Gasteiger partial charge in [-0.25, -0.2) is 8.78 Å². The average molecular weight is 274 g/mol. The van der Waals surface area contributed by atoms with E-state index in [0.717, 1.165) is 25.8 Å². The summed E-state index contributed by atoms with van der Waals surface area (Å²) in [6.07, 6.45) is 3.49. The Bertz CT molecular complexity index is 414. The fourth-order valence-electron chi connectivity index (χ4n) is 2.58. The van der Waals surface area contributed by atoms with Gasteiger partial charge in [0, 0.05) is 23.0 Å². The topological polar surface area (TPSA) is 12.0 Å². The third-order valence-electron chi connectivity index (χ3n) is 3.53. The lowest BCUT2D eigenvalue weighted by atomic mass is 9.87. The molecule has 1 aromatic carbocycles. The molecule has 0 radical (unpaired) electrons. The van der Waals surface area contributed by atoms with Gasteiger partial charge in [-0.1, -0.05) is 24.1 Å². The molecule has 1 aliphatic rings. The van der Waals surface area contributed by atoms with Crippen LogP contribution < -0.4 is 5.32 Å². The molecular formula is C14H18ClF2N. The van der Waals surface area contributed by atoms with E-state index in [1.807, 2.05) is 0 Å². The summed E-state index contributed by atoms with van der Waals surface area (Å²) in [6.45, 7) is 2.36. The predicted octanol–water partition coefficient (Wildman–Crippen LogP) is 4.20. The van der Waals surface area contributed by atoms with E-state index in [9.17, 15) is 8.78 Å². The predicted molar refractivity (Wildman–Crippen MR) is 70.1 cm³/mol. The fraction of sp³-hybridized carbons (Fsp3) is 0.571. The SMILES string of the molecule is CC(F)(CC1CCCCN1)c1ccc(Cl)cc1F. The van der Waals surface area contributed by atoms with Crippen molar-refractivity contribution in [2.24, 2.45) is 0 Å². The van der Waals surface area contributed by atoms with Gasteiger partial charge < -0.3 is 5.32 Å². The zero-order chi connectivity index (χ0) is 13.2. The third kappa shape index (κ3) is 3.21. The molecule has 0 aromatic heterocycles. The molecule has 1 nitrogen and oxygen atoms in total. The van der Waals surface area contributed by atoms with Crippen LogP contribution in [0.25, 0.3) is 0 Å². The Hall–Kier alpha value is -0.670. The van der Waals surface area contributed by atoms with Gasteiger partial charge in [-0.15, -0.1) is 0 Å². The van der Waals surface area contributed by atoms with Crippen LogP contribution in [0.1, 0.15) is 38.2 Å². The monoisotopic (exact) mass is 273 g/mol. The summed E-state index contributed by atoms with van der Waals surface area (Å²) in [5.41, 5.74) is -1.57. The van der Waals surface area contributed by atoms with E-state index in [1.54, 1.807) is 0 Å². The molecule has 2 atom stereocenters. The van der Waals surface area contributed by atoms with Gasteiger partial charge in [-0.2, -0.15) is 0 Å². The van der Waals surface area contributed by atoms with Crippen molar-refractivity contribution in [2.75, 3.05) is 6.54 Å². The van der Waals surface area contributed by atoms with Crippen LogP contribution in [0.4, 0.5) is 8.78 Å². The zero-order valence-corrected chi connectivity index (χ0v) is 11.2. The molecule has 0 aliphatic carbocycles. The first-order valence-electron chi connectivity index (χ1n) is 6.37. The first-order chi connectivity index (χ1) is 8.49. The average Bonchev–Trinajstić information content (AvgIpc) is 2.29. The van der Waals surface area contributed by atoms with Crippen LogP contribution in [0.15, 0.2) is 18.2 Å². The van der Waals surface area contributed by atoms with Crippen molar-refractivity contribution in [1.29, 1.82) is 0 Å². The molecule has 1 aromatic rings. The van der Waals surface area contributed by atoms with Crippen molar-refractivity contribution >= 4 is 11.6 Å². The number of hydrogen-bond acceptors (Lipinski definition) is 1. The maximum atomic E-state index is 14.7. The van der Waals surface area contributed by atoms with Crippen LogP contribution in [0.5, 0.6) is 0 Å². The number of benzene rings is 1. The van der Waals surface area contributed by atoms with E-state index in [1.165, 1.54) is 25.1 Å². The van der Waals surface area contributed by atoms with Crippen LogP contribution in [0.2, 0.25) is 5.02 Å². The summed E-state index contributed by atoms with van der Waals surface area (Å²) < 4.78 is 28.4. The first-order valence-corrected chi connectivity index (χ1v) is 6.75. The minimum Gasteiger partial charge on any atom is -0.314 e. The highest BCUT2D eigenvalue weighted by Crippen LogP contribution is 2.34. The molecule has 4 heteroatoms. The van der Waals surface area contributed by atoms with Gasteiger partial charge in [0.1, 0.15) is 11.5 Å². The third-order valence-corrected chi connectivity index (χ3v) is 3.77. The van der Waals surface area contributed by atoms with E-state index in [4.69, 9.17) is 11.6 Å². The van der Waals surface area contributed by atoms with E-state index in [-0.39, 0.29) is 11.6 Å². The maximum Gasteiger partial charge on any atom is 0.137 e. The summed E-state index contributed by atoms with van der Waals surface area (Å²) in [6, 6.07) is 4.28. The first kappa shape index (κ1) is 13.8. The van der Waals surface area contributed by atoms with Crippen molar-refractivity contribution < 1.29 is 8.78 Å².